The van der Waals surface area contributed by atoms with Gasteiger partial charge in [0.05, 0.1) is 5.92 Å². The highest BCUT2D eigenvalue weighted by Gasteiger charge is 2.38. The van der Waals surface area contributed by atoms with Crippen LogP contribution in [-0.4, -0.2) is 40.3 Å². The third-order valence-electron chi connectivity index (χ3n) is 3.14. The van der Waals surface area contributed by atoms with Gasteiger partial charge in [0.1, 0.15) is 5.60 Å². The van der Waals surface area contributed by atoms with E-state index in [-0.39, 0.29) is 6.04 Å². The standard InChI is InChI=1S/C13H23NO4/c1-5-10-9(11(15)16)7-6-8-14(10)12(17)18-13(2,3)4/h9-10H,5-8H2,1-4H3,(H,15,16)/t9-,10-/m1/s1. The van der Waals surface area contributed by atoms with Gasteiger partial charge in [-0.1, -0.05) is 6.92 Å². The molecule has 1 heterocycles. The molecule has 104 valence electrons. The highest BCUT2D eigenvalue weighted by Crippen LogP contribution is 2.27. The number of amides is 1. The number of carbonyl (C=O) groups is 2. The second kappa shape index (κ2) is 5.59. The molecule has 0 spiro atoms. The summed E-state index contributed by atoms with van der Waals surface area (Å²) in [6, 6.07) is -0.258. The average Bonchev–Trinajstić information content (AvgIpc) is 2.25. The Morgan fingerprint density at radius 3 is 2.44 bits per heavy atom. The fourth-order valence-electron chi connectivity index (χ4n) is 2.40. The number of likely N-dealkylation sites (tertiary alicyclic amines) is 1. The lowest BCUT2D eigenvalue weighted by molar-refractivity contribution is -0.145. The lowest BCUT2D eigenvalue weighted by atomic mass is 9.88. The first-order valence-electron chi connectivity index (χ1n) is 6.48. The molecule has 0 aromatic heterocycles. The summed E-state index contributed by atoms with van der Waals surface area (Å²) in [5, 5.41) is 9.19. The molecule has 1 aliphatic rings. The first kappa shape index (κ1) is 14.8. The summed E-state index contributed by atoms with van der Waals surface area (Å²) in [6.07, 6.45) is 1.58. The smallest absolute Gasteiger partial charge is 0.410 e. The van der Waals surface area contributed by atoms with E-state index >= 15 is 0 Å². The number of piperidine rings is 1. The van der Waals surface area contributed by atoms with E-state index < -0.39 is 23.6 Å². The number of ether oxygens (including phenoxy) is 1. The zero-order chi connectivity index (χ0) is 13.9. The van der Waals surface area contributed by atoms with Gasteiger partial charge in [-0.15, -0.1) is 0 Å². The minimum atomic E-state index is -0.824. The second-order valence-corrected chi connectivity index (χ2v) is 5.74. The minimum Gasteiger partial charge on any atom is -0.481 e. The molecule has 1 N–H and O–H groups in total. The molecule has 0 aromatic rings. The SMILES string of the molecule is CC[C@@H]1[C@H](C(=O)O)CCCN1C(=O)OC(C)(C)C. The number of carbonyl (C=O) groups excluding carboxylic acids is 1. The van der Waals surface area contributed by atoms with Gasteiger partial charge < -0.3 is 14.7 Å². The van der Waals surface area contributed by atoms with Crippen LogP contribution in [0.3, 0.4) is 0 Å². The van der Waals surface area contributed by atoms with E-state index in [4.69, 9.17) is 4.74 Å². The molecule has 0 aliphatic carbocycles. The van der Waals surface area contributed by atoms with Crippen molar-refractivity contribution in [2.45, 2.75) is 58.6 Å². The Morgan fingerprint density at radius 1 is 1.39 bits per heavy atom. The van der Waals surface area contributed by atoms with Gasteiger partial charge in [0, 0.05) is 12.6 Å². The summed E-state index contributed by atoms with van der Waals surface area (Å²) in [4.78, 5) is 24.8. The van der Waals surface area contributed by atoms with Crippen LogP contribution in [-0.2, 0) is 9.53 Å². The van der Waals surface area contributed by atoms with Crippen molar-refractivity contribution >= 4 is 12.1 Å². The topological polar surface area (TPSA) is 66.8 Å². The largest absolute Gasteiger partial charge is 0.481 e. The molecule has 0 saturated carbocycles. The fraction of sp³-hybridized carbons (Fsp3) is 0.846. The van der Waals surface area contributed by atoms with E-state index in [0.717, 1.165) is 0 Å². The molecule has 1 fully saturated rings. The number of carboxylic acids is 1. The van der Waals surface area contributed by atoms with Gasteiger partial charge in [0.15, 0.2) is 0 Å². The van der Waals surface area contributed by atoms with Crippen molar-refractivity contribution in [3.05, 3.63) is 0 Å². The first-order valence-corrected chi connectivity index (χ1v) is 6.48. The van der Waals surface area contributed by atoms with Crippen LogP contribution < -0.4 is 0 Å². The number of carboxylic acid groups (broad SMARTS) is 1. The quantitative estimate of drug-likeness (QED) is 0.825. The predicted octanol–water partition coefficient (Wildman–Crippen LogP) is 2.50. The monoisotopic (exact) mass is 257 g/mol. The molecule has 1 amide bonds. The maximum absolute atomic E-state index is 12.1. The van der Waals surface area contributed by atoms with E-state index in [0.29, 0.717) is 25.8 Å². The average molecular weight is 257 g/mol. The van der Waals surface area contributed by atoms with Crippen molar-refractivity contribution in [3.8, 4) is 0 Å². The summed E-state index contributed by atoms with van der Waals surface area (Å²) in [5.41, 5.74) is -0.550. The van der Waals surface area contributed by atoms with Gasteiger partial charge in [0.2, 0.25) is 0 Å². The number of hydrogen-bond acceptors (Lipinski definition) is 3. The first-order chi connectivity index (χ1) is 8.26. The van der Waals surface area contributed by atoms with Gasteiger partial charge in [-0.05, 0) is 40.0 Å². The number of aliphatic carboxylic acids is 1. The van der Waals surface area contributed by atoms with Gasteiger partial charge in [0.25, 0.3) is 0 Å². The van der Waals surface area contributed by atoms with Crippen LogP contribution in [0.25, 0.3) is 0 Å². The molecule has 0 unspecified atom stereocenters. The number of hydrogen-bond donors (Lipinski definition) is 1. The van der Waals surface area contributed by atoms with Gasteiger partial charge >= 0.3 is 12.1 Å². The highest BCUT2D eigenvalue weighted by molar-refractivity contribution is 5.74. The maximum atomic E-state index is 12.1. The summed E-state index contributed by atoms with van der Waals surface area (Å²) in [6.45, 7) is 7.92. The molecule has 18 heavy (non-hydrogen) atoms. The second-order valence-electron chi connectivity index (χ2n) is 5.74. The van der Waals surface area contributed by atoms with E-state index in [9.17, 15) is 14.7 Å². The Labute approximate surface area is 108 Å². The Hall–Kier alpha value is -1.26. The van der Waals surface area contributed by atoms with Crippen LogP contribution in [0, 0.1) is 5.92 Å². The Balaban J connectivity index is 2.79. The van der Waals surface area contributed by atoms with Crippen LogP contribution >= 0.6 is 0 Å². The van der Waals surface area contributed by atoms with Crippen molar-refractivity contribution in [1.29, 1.82) is 0 Å². The lowest BCUT2D eigenvalue weighted by Crippen LogP contribution is -2.51. The van der Waals surface area contributed by atoms with Crippen molar-refractivity contribution in [2.24, 2.45) is 5.92 Å². The fourth-order valence-corrected chi connectivity index (χ4v) is 2.40. The van der Waals surface area contributed by atoms with Gasteiger partial charge in [-0.3, -0.25) is 4.79 Å². The van der Waals surface area contributed by atoms with Crippen molar-refractivity contribution < 1.29 is 19.4 Å². The van der Waals surface area contributed by atoms with Crippen LogP contribution in [0.15, 0.2) is 0 Å². The molecule has 5 heteroatoms. The van der Waals surface area contributed by atoms with Crippen LogP contribution in [0.1, 0.15) is 47.0 Å². The summed E-state index contributed by atoms with van der Waals surface area (Å²) in [7, 11) is 0. The van der Waals surface area contributed by atoms with Crippen molar-refractivity contribution in [3.63, 3.8) is 0 Å². The molecule has 0 aromatic carbocycles. The summed E-state index contributed by atoms with van der Waals surface area (Å²) in [5.74, 6) is -1.30. The molecule has 0 radical (unpaired) electrons. The number of nitrogens with zero attached hydrogens (tertiary/aromatic N) is 1. The Kier molecular flexibility index (Phi) is 4.59. The molecule has 1 rings (SSSR count). The van der Waals surface area contributed by atoms with Crippen molar-refractivity contribution in [2.75, 3.05) is 6.54 Å². The summed E-state index contributed by atoms with van der Waals surface area (Å²) < 4.78 is 5.33. The zero-order valence-electron chi connectivity index (χ0n) is 11.6. The van der Waals surface area contributed by atoms with Crippen LogP contribution in [0.5, 0.6) is 0 Å². The third kappa shape index (κ3) is 3.62. The molecular weight excluding hydrogens is 234 g/mol. The van der Waals surface area contributed by atoms with Crippen LogP contribution in [0.2, 0.25) is 0 Å². The highest BCUT2D eigenvalue weighted by atomic mass is 16.6. The molecule has 5 nitrogen and oxygen atoms in total. The van der Waals surface area contributed by atoms with E-state index in [1.807, 2.05) is 27.7 Å². The summed E-state index contributed by atoms with van der Waals surface area (Å²) >= 11 is 0. The van der Waals surface area contributed by atoms with Crippen molar-refractivity contribution in [1.82, 2.24) is 4.90 Å². The van der Waals surface area contributed by atoms with E-state index in [1.165, 1.54) is 0 Å². The Morgan fingerprint density at radius 2 is 2.00 bits per heavy atom. The molecular formula is C13H23NO4. The molecule has 1 aliphatic heterocycles. The molecule has 0 bridgehead atoms. The Bertz CT molecular complexity index is 321. The molecule has 2 atom stereocenters. The number of rotatable bonds is 2. The normalized spacial score (nSPS) is 24.8. The minimum absolute atomic E-state index is 0.258. The van der Waals surface area contributed by atoms with Crippen LogP contribution in [0.4, 0.5) is 4.79 Å². The van der Waals surface area contributed by atoms with E-state index in [1.54, 1.807) is 4.90 Å². The van der Waals surface area contributed by atoms with Gasteiger partial charge in [-0.25, -0.2) is 4.79 Å². The zero-order valence-corrected chi connectivity index (χ0v) is 11.6. The third-order valence-corrected chi connectivity index (χ3v) is 3.14. The molecule has 1 saturated heterocycles. The van der Waals surface area contributed by atoms with Gasteiger partial charge in [-0.2, -0.15) is 0 Å². The van der Waals surface area contributed by atoms with E-state index in [2.05, 4.69) is 0 Å². The lowest BCUT2D eigenvalue weighted by Gasteiger charge is -2.39. The maximum Gasteiger partial charge on any atom is 0.410 e. The predicted molar refractivity (Wildman–Crippen MR) is 67.4 cm³/mol.